The topological polar surface area (TPSA) is 81.5 Å². The van der Waals surface area contributed by atoms with Gasteiger partial charge in [-0.1, -0.05) is 0 Å². The molecule has 14 heavy (non-hydrogen) atoms. The second-order valence-electron chi connectivity index (χ2n) is 3.43. The molecule has 0 amide bonds. The Balaban J connectivity index is 0.000000500. The summed E-state index contributed by atoms with van der Waals surface area (Å²) < 4.78 is 5.52. The molecule has 1 aliphatic rings. The predicted molar refractivity (Wildman–Crippen MR) is 57.9 cm³/mol. The molecule has 1 fully saturated rings. The molecule has 0 aliphatic carbocycles. The molecule has 1 heterocycles. The monoisotopic (exact) mass is 204 g/mol. The van der Waals surface area contributed by atoms with Crippen molar-refractivity contribution < 1.29 is 9.84 Å². The lowest BCUT2D eigenvalue weighted by molar-refractivity contribution is 0.0840. The average molecular weight is 204 g/mol. The van der Waals surface area contributed by atoms with Crippen LogP contribution in [0.4, 0.5) is 0 Å². The Morgan fingerprint density at radius 1 is 1.29 bits per heavy atom. The van der Waals surface area contributed by atoms with Crippen molar-refractivity contribution in [2.75, 3.05) is 26.3 Å². The summed E-state index contributed by atoms with van der Waals surface area (Å²) in [6, 6.07) is 0. The Morgan fingerprint density at radius 3 is 2.36 bits per heavy atom. The molecular weight excluding hydrogens is 180 g/mol. The Morgan fingerprint density at radius 2 is 1.86 bits per heavy atom. The highest BCUT2D eigenvalue weighted by atomic mass is 16.5. The van der Waals surface area contributed by atoms with Crippen LogP contribution in [0.2, 0.25) is 0 Å². The van der Waals surface area contributed by atoms with E-state index in [-0.39, 0.29) is 6.61 Å². The molecule has 1 rings (SSSR count). The molecule has 0 aromatic heterocycles. The van der Waals surface area contributed by atoms with Gasteiger partial charge in [0.05, 0.1) is 6.10 Å². The summed E-state index contributed by atoms with van der Waals surface area (Å²) in [6.07, 6.45) is 3.64. The molecule has 1 aliphatic heterocycles. The summed E-state index contributed by atoms with van der Waals surface area (Å²) in [5, 5.41) is 7.57. The molecule has 4 nitrogen and oxygen atoms in total. The average Bonchev–Trinajstić information content (AvgIpc) is 2.56. The van der Waals surface area contributed by atoms with E-state index in [1.54, 1.807) is 6.92 Å². The van der Waals surface area contributed by atoms with Crippen LogP contribution >= 0.6 is 0 Å². The van der Waals surface area contributed by atoms with Gasteiger partial charge in [0, 0.05) is 13.2 Å². The molecule has 4 heteroatoms. The van der Waals surface area contributed by atoms with Crippen LogP contribution < -0.4 is 11.5 Å². The van der Waals surface area contributed by atoms with E-state index in [1.165, 1.54) is 6.42 Å². The van der Waals surface area contributed by atoms with E-state index in [2.05, 4.69) is 0 Å². The highest BCUT2D eigenvalue weighted by Gasteiger charge is 2.26. The maximum absolute atomic E-state index is 7.57. The highest BCUT2D eigenvalue weighted by Crippen LogP contribution is 2.25. The zero-order chi connectivity index (χ0) is 10.8. The summed E-state index contributed by atoms with van der Waals surface area (Å²) in [7, 11) is 0. The van der Waals surface area contributed by atoms with Crippen LogP contribution in [0.25, 0.3) is 0 Å². The lowest BCUT2D eigenvalue weighted by Gasteiger charge is -2.16. The van der Waals surface area contributed by atoms with Gasteiger partial charge in [-0.05, 0) is 45.2 Å². The lowest BCUT2D eigenvalue weighted by atomic mass is 9.96. The van der Waals surface area contributed by atoms with Crippen LogP contribution in [-0.4, -0.2) is 37.5 Å². The van der Waals surface area contributed by atoms with Crippen molar-refractivity contribution in [3.63, 3.8) is 0 Å². The van der Waals surface area contributed by atoms with Crippen LogP contribution in [0.5, 0.6) is 0 Å². The zero-order valence-electron chi connectivity index (χ0n) is 9.11. The third-order valence-corrected chi connectivity index (χ3v) is 2.33. The third kappa shape index (κ3) is 5.54. The van der Waals surface area contributed by atoms with Crippen molar-refractivity contribution in [1.29, 1.82) is 0 Å². The van der Waals surface area contributed by atoms with Gasteiger partial charge in [0.1, 0.15) is 0 Å². The van der Waals surface area contributed by atoms with E-state index in [4.69, 9.17) is 21.3 Å². The summed E-state index contributed by atoms with van der Waals surface area (Å²) >= 11 is 0. The van der Waals surface area contributed by atoms with Crippen molar-refractivity contribution >= 4 is 0 Å². The lowest BCUT2D eigenvalue weighted by Crippen LogP contribution is -2.22. The number of aliphatic hydroxyl groups is 1. The third-order valence-electron chi connectivity index (χ3n) is 2.33. The van der Waals surface area contributed by atoms with Crippen molar-refractivity contribution in [2.45, 2.75) is 32.3 Å². The molecule has 1 saturated heterocycles. The quantitative estimate of drug-likeness (QED) is 0.606. The number of aliphatic hydroxyl groups excluding tert-OH is 1. The zero-order valence-corrected chi connectivity index (χ0v) is 9.11. The number of rotatable bonds is 4. The van der Waals surface area contributed by atoms with Crippen LogP contribution in [-0.2, 0) is 4.74 Å². The van der Waals surface area contributed by atoms with Crippen LogP contribution in [0.15, 0.2) is 0 Å². The van der Waals surface area contributed by atoms with E-state index in [9.17, 15) is 0 Å². The molecule has 0 aromatic carbocycles. The van der Waals surface area contributed by atoms with Crippen molar-refractivity contribution in [1.82, 2.24) is 0 Å². The molecule has 0 aromatic rings. The molecule has 86 valence electrons. The second-order valence-corrected chi connectivity index (χ2v) is 3.43. The molecule has 2 atom stereocenters. The highest BCUT2D eigenvalue weighted by molar-refractivity contribution is 4.76. The fourth-order valence-corrected chi connectivity index (χ4v) is 1.72. The molecule has 0 spiro atoms. The summed E-state index contributed by atoms with van der Waals surface area (Å²) in [6.45, 7) is 4.33. The van der Waals surface area contributed by atoms with E-state index >= 15 is 0 Å². The van der Waals surface area contributed by atoms with Gasteiger partial charge in [-0.2, -0.15) is 0 Å². The van der Waals surface area contributed by atoms with Gasteiger partial charge < -0.3 is 21.3 Å². The standard InChI is InChI=1S/C8H18N2O.C2H6O/c9-4-1-7-3-6-11-8(7)2-5-10;1-2-3/h7-8H,1-6,9-10H2;3H,2H2,1H3. The largest absolute Gasteiger partial charge is 0.397 e. The summed E-state index contributed by atoms with van der Waals surface area (Å²) in [5.41, 5.74) is 10.9. The molecule has 5 N–H and O–H groups in total. The van der Waals surface area contributed by atoms with Gasteiger partial charge >= 0.3 is 0 Å². The molecule has 0 bridgehead atoms. The van der Waals surface area contributed by atoms with Crippen LogP contribution in [0.1, 0.15) is 26.2 Å². The molecular formula is C10H24N2O2. The first-order valence-corrected chi connectivity index (χ1v) is 5.42. The van der Waals surface area contributed by atoms with Crippen molar-refractivity contribution in [3.8, 4) is 0 Å². The van der Waals surface area contributed by atoms with Crippen LogP contribution in [0, 0.1) is 5.92 Å². The van der Waals surface area contributed by atoms with E-state index in [1.807, 2.05) is 0 Å². The SMILES string of the molecule is CCO.NCCC1CCOC1CCN. The minimum Gasteiger partial charge on any atom is -0.397 e. The van der Waals surface area contributed by atoms with Gasteiger partial charge in [-0.25, -0.2) is 0 Å². The maximum Gasteiger partial charge on any atom is 0.0616 e. The number of hydrogen-bond acceptors (Lipinski definition) is 4. The van der Waals surface area contributed by atoms with E-state index in [0.717, 1.165) is 32.5 Å². The molecule has 0 radical (unpaired) electrons. The van der Waals surface area contributed by atoms with Crippen molar-refractivity contribution in [2.24, 2.45) is 17.4 Å². The Hall–Kier alpha value is -0.160. The number of nitrogens with two attached hydrogens (primary N) is 2. The summed E-state index contributed by atoms with van der Waals surface area (Å²) in [5.74, 6) is 0.670. The Kier molecular flexibility index (Phi) is 9.29. The normalized spacial score (nSPS) is 25.7. The molecule has 2 unspecified atom stereocenters. The van der Waals surface area contributed by atoms with E-state index in [0.29, 0.717) is 12.0 Å². The smallest absolute Gasteiger partial charge is 0.0616 e. The number of hydrogen-bond donors (Lipinski definition) is 3. The van der Waals surface area contributed by atoms with Gasteiger partial charge in [-0.3, -0.25) is 0 Å². The first kappa shape index (κ1) is 13.8. The first-order valence-electron chi connectivity index (χ1n) is 5.42. The fourth-order valence-electron chi connectivity index (χ4n) is 1.72. The Labute approximate surface area is 86.6 Å². The molecule has 0 saturated carbocycles. The van der Waals surface area contributed by atoms with Gasteiger partial charge in [-0.15, -0.1) is 0 Å². The van der Waals surface area contributed by atoms with Gasteiger partial charge in [0.2, 0.25) is 0 Å². The maximum atomic E-state index is 7.57. The minimum absolute atomic E-state index is 0.250. The number of ether oxygens (including phenoxy) is 1. The van der Waals surface area contributed by atoms with Crippen LogP contribution in [0.3, 0.4) is 0 Å². The predicted octanol–water partition coefficient (Wildman–Crippen LogP) is 0.0877. The van der Waals surface area contributed by atoms with Gasteiger partial charge in [0.25, 0.3) is 0 Å². The minimum atomic E-state index is 0.250. The fraction of sp³-hybridized carbons (Fsp3) is 1.00. The van der Waals surface area contributed by atoms with Gasteiger partial charge in [0.15, 0.2) is 0 Å². The second kappa shape index (κ2) is 9.40. The Bertz CT molecular complexity index is 111. The van der Waals surface area contributed by atoms with Crippen molar-refractivity contribution in [3.05, 3.63) is 0 Å². The first-order chi connectivity index (χ1) is 6.79. The summed E-state index contributed by atoms with van der Waals surface area (Å²) in [4.78, 5) is 0. The van der Waals surface area contributed by atoms with E-state index < -0.39 is 0 Å².